The van der Waals surface area contributed by atoms with Gasteiger partial charge in [-0.3, -0.25) is 4.79 Å². The molecule has 0 bridgehead atoms. The normalized spacial score (nSPS) is 14.2. The Kier molecular flexibility index (Phi) is 5.21. The molecule has 1 amide bonds. The molecule has 4 heteroatoms. The van der Waals surface area contributed by atoms with E-state index >= 15 is 0 Å². The fourth-order valence-corrected chi connectivity index (χ4v) is 1.85. The SMILES string of the molecule is CCC(C)C(N)C(=O)Nc1cccc(I)c1. The average molecular weight is 332 g/mol. The largest absolute Gasteiger partial charge is 0.325 e. The van der Waals surface area contributed by atoms with Crippen molar-refractivity contribution in [3.05, 3.63) is 27.8 Å². The topological polar surface area (TPSA) is 55.1 Å². The third kappa shape index (κ3) is 3.75. The van der Waals surface area contributed by atoms with E-state index < -0.39 is 6.04 Å². The van der Waals surface area contributed by atoms with Crippen molar-refractivity contribution >= 4 is 34.2 Å². The third-order valence-electron chi connectivity index (χ3n) is 2.65. The highest BCUT2D eigenvalue weighted by molar-refractivity contribution is 14.1. The van der Waals surface area contributed by atoms with Gasteiger partial charge in [-0.15, -0.1) is 0 Å². The fourth-order valence-electron chi connectivity index (χ4n) is 1.30. The van der Waals surface area contributed by atoms with E-state index in [-0.39, 0.29) is 11.8 Å². The first-order chi connectivity index (χ1) is 7.54. The van der Waals surface area contributed by atoms with Gasteiger partial charge in [0.05, 0.1) is 6.04 Å². The highest BCUT2D eigenvalue weighted by Crippen LogP contribution is 2.14. The number of benzene rings is 1. The van der Waals surface area contributed by atoms with Crippen LogP contribution < -0.4 is 11.1 Å². The van der Waals surface area contributed by atoms with Gasteiger partial charge in [-0.05, 0) is 46.7 Å². The van der Waals surface area contributed by atoms with Crippen LogP contribution in [0, 0.1) is 9.49 Å². The lowest BCUT2D eigenvalue weighted by Crippen LogP contribution is -2.40. The molecule has 1 rings (SSSR count). The molecule has 0 aliphatic rings. The molecule has 2 unspecified atom stereocenters. The Morgan fingerprint density at radius 1 is 1.56 bits per heavy atom. The van der Waals surface area contributed by atoms with E-state index in [1.54, 1.807) is 0 Å². The Hall–Kier alpha value is -0.620. The van der Waals surface area contributed by atoms with Crippen LogP contribution in [0.3, 0.4) is 0 Å². The first-order valence-corrected chi connectivity index (χ1v) is 6.44. The summed E-state index contributed by atoms with van der Waals surface area (Å²) in [4.78, 5) is 11.8. The van der Waals surface area contributed by atoms with Gasteiger partial charge in [0, 0.05) is 9.26 Å². The molecule has 0 heterocycles. The summed E-state index contributed by atoms with van der Waals surface area (Å²) in [5.74, 6) is 0.0825. The second-order valence-electron chi connectivity index (χ2n) is 3.91. The van der Waals surface area contributed by atoms with Crippen molar-refractivity contribution in [2.24, 2.45) is 11.7 Å². The average Bonchev–Trinajstić information content (AvgIpc) is 2.27. The number of amides is 1. The summed E-state index contributed by atoms with van der Waals surface area (Å²) in [6, 6.07) is 7.23. The molecule has 0 aliphatic heterocycles. The van der Waals surface area contributed by atoms with E-state index in [1.165, 1.54) is 0 Å². The van der Waals surface area contributed by atoms with E-state index in [4.69, 9.17) is 5.73 Å². The Morgan fingerprint density at radius 2 is 2.25 bits per heavy atom. The van der Waals surface area contributed by atoms with E-state index in [2.05, 4.69) is 27.9 Å². The van der Waals surface area contributed by atoms with Crippen LogP contribution in [-0.4, -0.2) is 11.9 Å². The number of nitrogens with one attached hydrogen (secondary N) is 1. The van der Waals surface area contributed by atoms with Gasteiger partial charge < -0.3 is 11.1 Å². The zero-order valence-corrected chi connectivity index (χ0v) is 11.7. The molecule has 3 nitrogen and oxygen atoms in total. The smallest absolute Gasteiger partial charge is 0.241 e. The van der Waals surface area contributed by atoms with E-state index in [0.717, 1.165) is 15.7 Å². The summed E-state index contributed by atoms with van der Waals surface area (Å²) < 4.78 is 1.09. The van der Waals surface area contributed by atoms with Crippen molar-refractivity contribution in [2.75, 3.05) is 5.32 Å². The molecule has 3 N–H and O–H groups in total. The maximum Gasteiger partial charge on any atom is 0.241 e. The van der Waals surface area contributed by atoms with Gasteiger partial charge in [0.2, 0.25) is 5.91 Å². The molecule has 0 saturated heterocycles. The monoisotopic (exact) mass is 332 g/mol. The van der Waals surface area contributed by atoms with Crippen LogP contribution in [0.15, 0.2) is 24.3 Å². The highest BCUT2D eigenvalue weighted by Gasteiger charge is 2.19. The number of nitrogens with two attached hydrogens (primary N) is 1. The van der Waals surface area contributed by atoms with Gasteiger partial charge >= 0.3 is 0 Å². The van der Waals surface area contributed by atoms with Crippen LogP contribution in [0.2, 0.25) is 0 Å². The number of rotatable bonds is 4. The van der Waals surface area contributed by atoms with E-state index in [1.807, 2.05) is 38.1 Å². The van der Waals surface area contributed by atoms with Crippen molar-refractivity contribution in [1.29, 1.82) is 0 Å². The molecule has 0 spiro atoms. The van der Waals surface area contributed by atoms with Crippen LogP contribution in [0.4, 0.5) is 5.69 Å². The number of carbonyl (C=O) groups excluding carboxylic acids is 1. The lowest BCUT2D eigenvalue weighted by atomic mass is 9.99. The van der Waals surface area contributed by atoms with Crippen LogP contribution in [0.25, 0.3) is 0 Å². The molecule has 1 aromatic rings. The molecular weight excluding hydrogens is 315 g/mol. The van der Waals surface area contributed by atoms with E-state index in [9.17, 15) is 4.79 Å². The molecule has 0 aromatic heterocycles. The molecule has 1 aromatic carbocycles. The zero-order valence-electron chi connectivity index (χ0n) is 9.53. The molecule has 2 atom stereocenters. The van der Waals surface area contributed by atoms with Gasteiger partial charge in [-0.1, -0.05) is 26.3 Å². The molecule has 0 radical (unpaired) electrons. The van der Waals surface area contributed by atoms with Gasteiger partial charge in [0.15, 0.2) is 0 Å². The molecule has 0 fully saturated rings. The lowest BCUT2D eigenvalue weighted by Gasteiger charge is -2.17. The van der Waals surface area contributed by atoms with Crippen molar-refractivity contribution in [3.8, 4) is 0 Å². The molecule has 16 heavy (non-hydrogen) atoms. The minimum absolute atomic E-state index is 0.114. The van der Waals surface area contributed by atoms with Crippen molar-refractivity contribution in [3.63, 3.8) is 0 Å². The van der Waals surface area contributed by atoms with Crippen LogP contribution in [0.1, 0.15) is 20.3 Å². The summed E-state index contributed by atoms with van der Waals surface area (Å²) in [6.45, 7) is 4.02. The number of halogens is 1. The summed E-state index contributed by atoms with van der Waals surface area (Å²) >= 11 is 2.21. The minimum Gasteiger partial charge on any atom is -0.325 e. The maximum atomic E-state index is 11.8. The first kappa shape index (κ1) is 13.4. The van der Waals surface area contributed by atoms with Gasteiger partial charge in [-0.25, -0.2) is 0 Å². The van der Waals surface area contributed by atoms with Crippen LogP contribution >= 0.6 is 22.6 Å². The Labute approximate surface area is 110 Å². The fraction of sp³-hybridized carbons (Fsp3) is 0.417. The quantitative estimate of drug-likeness (QED) is 0.833. The molecule has 0 saturated carbocycles. The number of hydrogen-bond acceptors (Lipinski definition) is 2. The summed E-state index contributed by atoms with van der Waals surface area (Å²) in [5.41, 5.74) is 6.64. The van der Waals surface area contributed by atoms with Crippen LogP contribution in [-0.2, 0) is 4.79 Å². The summed E-state index contributed by atoms with van der Waals surface area (Å²) in [6.07, 6.45) is 0.904. The minimum atomic E-state index is -0.442. The lowest BCUT2D eigenvalue weighted by molar-refractivity contribution is -0.118. The Balaban J connectivity index is 2.64. The van der Waals surface area contributed by atoms with E-state index in [0.29, 0.717) is 0 Å². The van der Waals surface area contributed by atoms with Gasteiger partial charge in [-0.2, -0.15) is 0 Å². The maximum absolute atomic E-state index is 11.8. The van der Waals surface area contributed by atoms with Crippen LogP contribution in [0.5, 0.6) is 0 Å². The third-order valence-corrected chi connectivity index (χ3v) is 3.32. The summed E-state index contributed by atoms with van der Waals surface area (Å²) in [7, 11) is 0. The predicted octanol–water partition coefficient (Wildman–Crippen LogP) is 2.60. The second-order valence-corrected chi connectivity index (χ2v) is 5.16. The predicted molar refractivity (Wildman–Crippen MR) is 75.2 cm³/mol. The molecular formula is C12H17IN2O. The Morgan fingerprint density at radius 3 is 2.81 bits per heavy atom. The Bertz CT molecular complexity index is 368. The molecule has 0 aliphatic carbocycles. The number of carbonyl (C=O) groups is 1. The number of anilines is 1. The van der Waals surface area contributed by atoms with Crippen molar-refractivity contribution in [2.45, 2.75) is 26.3 Å². The first-order valence-electron chi connectivity index (χ1n) is 5.36. The van der Waals surface area contributed by atoms with Gasteiger partial charge in [0.1, 0.15) is 0 Å². The highest BCUT2D eigenvalue weighted by atomic mass is 127. The van der Waals surface area contributed by atoms with Crippen molar-refractivity contribution in [1.82, 2.24) is 0 Å². The second kappa shape index (κ2) is 6.20. The standard InChI is InChI=1S/C12H17IN2O/c1-3-8(2)11(14)12(16)15-10-6-4-5-9(13)7-10/h4-8,11H,3,14H2,1-2H3,(H,15,16). The number of hydrogen-bond donors (Lipinski definition) is 2. The van der Waals surface area contributed by atoms with Gasteiger partial charge in [0.25, 0.3) is 0 Å². The summed E-state index contributed by atoms with van der Waals surface area (Å²) in [5, 5.41) is 2.83. The molecule has 88 valence electrons. The zero-order chi connectivity index (χ0) is 12.1. The van der Waals surface area contributed by atoms with Crippen molar-refractivity contribution < 1.29 is 4.79 Å².